The monoisotopic (exact) mass is 449 g/mol. The summed E-state index contributed by atoms with van der Waals surface area (Å²) in [5, 5.41) is 3.93. The molecule has 0 unspecified atom stereocenters. The molecular weight excluding hydrogens is 426 g/mol. The fourth-order valence-corrected chi connectivity index (χ4v) is 4.43. The van der Waals surface area contributed by atoms with E-state index in [1.165, 1.54) is 65.0 Å². The Labute approximate surface area is 161 Å². The SMILES string of the molecule is Cc1ccc(C)c2c1c1cc(Br)ccc1n2CCCCCCCBr. The second-order valence-electron chi connectivity index (χ2n) is 6.69. The van der Waals surface area contributed by atoms with Gasteiger partial charge >= 0.3 is 0 Å². The first-order valence-electron chi connectivity index (χ1n) is 8.87. The Balaban J connectivity index is 1.97. The van der Waals surface area contributed by atoms with E-state index >= 15 is 0 Å². The first-order valence-corrected chi connectivity index (χ1v) is 10.8. The number of unbranched alkanes of at least 4 members (excludes halogenated alkanes) is 4. The molecule has 1 heterocycles. The van der Waals surface area contributed by atoms with Gasteiger partial charge < -0.3 is 4.57 Å². The van der Waals surface area contributed by atoms with E-state index in [1.54, 1.807) is 0 Å². The Bertz CT molecular complexity index is 848. The predicted octanol–water partition coefficient (Wildman–Crippen LogP) is 7.52. The van der Waals surface area contributed by atoms with Gasteiger partial charge in [-0.05, 0) is 56.0 Å². The van der Waals surface area contributed by atoms with Crippen molar-refractivity contribution in [2.24, 2.45) is 0 Å². The van der Waals surface area contributed by atoms with E-state index in [4.69, 9.17) is 0 Å². The highest BCUT2D eigenvalue weighted by Gasteiger charge is 2.14. The van der Waals surface area contributed by atoms with Crippen molar-refractivity contribution in [2.45, 2.75) is 52.5 Å². The molecule has 0 bridgehead atoms. The Morgan fingerprint density at radius 1 is 0.875 bits per heavy atom. The van der Waals surface area contributed by atoms with Crippen LogP contribution in [0.2, 0.25) is 0 Å². The zero-order valence-electron chi connectivity index (χ0n) is 14.5. The molecule has 0 atom stereocenters. The van der Waals surface area contributed by atoms with Crippen LogP contribution < -0.4 is 0 Å². The standard InChI is InChI=1S/C21H25Br2N/c1-15-8-9-16(2)21-20(15)18-14-17(23)10-11-19(18)24(21)13-7-5-3-4-6-12-22/h8-11,14H,3-7,12-13H2,1-2H3. The molecule has 0 amide bonds. The molecule has 0 aliphatic carbocycles. The van der Waals surface area contributed by atoms with Gasteiger partial charge in [0.05, 0.1) is 5.52 Å². The number of alkyl halides is 1. The van der Waals surface area contributed by atoms with E-state index in [0.717, 1.165) is 16.3 Å². The van der Waals surface area contributed by atoms with Gasteiger partial charge in [0.2, 0.25) is 0 Å². The lowest BCUT2D eigenvalue weighted by molar-refractivity contribution is 0.586. The lowest BCUT2D eigenvalue weighted by Gasteiger charge is -2.10. The Morgan fingerprint density at radius 3 is 2.38 bits per heavy atom. The van der Waals surface area contributed by atoms with Crippen LogP contribution in [0, 0.1) is 13.8 Å². The number of hydrogen-bond donors (Lipinski definition) is 0. The molecule has 1 nitrogen and oxygen atoms in total. The third-order valence-corrected chi connectivity index (χ3v) is 5.95. The van der Waals surface area contributed by atoms with Gasteiger partial charge in [0.15, 0.2) is 0 Å². The molecule has 0 aliphatic rings. The van der Waals surface area contributed by atoms with Crippen LogP contribution >= 0.6 is 31.9 Å². The minimum atomic E-state index is 1.11. The molecule has 2 aromatic carbocycles. The van der Waals surface area contributed by atoms with Gasteiger partial charge in [-0.3, -0.25) is 0 Å². The van der Waals surface area contributed by atoms with E-state index in [9.17, 15) is 0 Å². The fraction of sp³-hybridized carbons (Fsp3) is 0.429. The number of hydrogen-bond acceptors (Lipinski definition) is 0. The van der Waals surface area contributed by atoms with E-state index in [-0.39, 0.29) is 0 Å². The van der Waals surface area contributed by atoms with Crippen molar-refractivity contribution in [2.75, 3.05) is 5.33 Å². The second kappa shape index (κ2) is 8.05. The maximum Gasteiger partial charge on any atom is 0.0523 e. The molecule has 128 valence electrons. The second-order valence-corrected chi connectivity index (χ2v) is 8.40. The van der Waals surface area contributed by atoms with Gasteiger partial charge in [0.1, 0.15) is 0 Å². The van der Waals surface area contributed by atoms with Crippen LogP contribution in [0.15, 0.2) is 34.8 Å². The maximum absolute atomic E-state index is 3.65. The summed E-state index contributed by atoms with van der Waals surface area (Å²) in [6.45, 7) is 5.58. The van der Waals surface area contributed by atoms with Crippen LogP contribution in [-0.4, -0.2) is 9.90 Å². The summed E-state index contributed by atoms with van der Waals surface area (Å²) in [4.78, 5) is 0. The molecule has 0 aliphatic heterocycles. The lowest BCUT2D eigenvalue weighted by atomic mass is 10.0. The average Bonchev–Trinajstić information content (AvgIpc) is 2.89. The van der Waals surface area contributed by atoms with Crippen molar-refractivity contribution in [3.05, 3.63) is 45.9 Å². The minimum Gasteiger partial charge on any atom is -0.340 e. The number of aryl methyl sites for hydroxylation is 3. The zero-order chi connectivity index (χ0) is 17.1. The molecule has 3 rings (SSSR count). The largest absolute Gasteiger partial charge is 0.340 e. The molecule has 3 heteroatoms. The quantitative estimate of drug-likeness (QED) is 0.259. The van der Waals surface area contributed by atoms with Crippen LogP contribution in [0.25, 0.3) is 21.8 Å². The highest BCUT2D eigenvalue weighted by atomic mass is 79.9. The van der Waals surface area contributed by atoms with Gasteiger partial charge in [-0.2, -0.15) is 0 Å². The third kappa shape index (κ3) is 3.57. The summed E-state index contributed by atoms with van der Waals surface area (Å²) in [7, 11) is 0. The summed E-state index contributed by atoms with van der Waals surface area (Å²) < 4.78 is 3.70. The van der Waals surface area contributed by atoms with Gasteiger partial charge in [-0.15, -0.1) is 0 Å². The number of rotatable bonds is 7. The molecule has 0 saturated heterocycles. The van der Waals surface area contributed by atoms with Gasteiger partial charge in [0.25, 0.3) is 0 Å². The summed E-state index contributed by atoms with van der Waals surface area (Å²) in [5.41, 5.74) is 5.53. The number of aromatic nitrogens is 1. The van der Waals surface area contributed by atoms with E-state index in [1.807, 2.05) is 0 Å². The summed E-state index contributed by atoms with van der Waals surface area (Å²) >= 11 is 7.16. The molecule has 3 aromatic rings. The molecule has 0 spiro atoms. The topological polar surface area (TPSA) is 4.93 Å². The molecule has 0 saturated carbocycles. The number of benzene rings is 2. The van der Waals surface area contributed by atoms with Gasteiger partial charge in [-0.25, -0.2) is 0 Å². The highest BCUT2D eigenvalue weighted by molar-refractivity contribution is 9.10. The molecule has 0 N–H and O–H groups in total. The first kappa shape index (κ1) is 18.0. The molecule has 0 fully saturated rings. The van der Waals surface area contributed by atoms with Crippen molar-refractivity contribution < 1.29 is 0 Å². The fourth-order valence-electron chi connectivity index (χ4n) is 3.68. The Kier molecular flexibility index (Phi) is 6.04. The molecule has 0 radical (unpaired) electrons. The number of fused-ring (bicyclic) bond motifs is 3. The Morgan fingerprint density at radius 2 is 1.58 bits per heavy atom. The van der Waals surface area contributed by atoms with Crippen molar-refractivity contribution in [1.29, 1.82) is 0 Å². The smallest absolute Gasteiger partial charge is 0.0523 e. The summed E-state index contributed by atoms with van der Waals surface area (Å²) in [5.74, 6) is 0. The van der Waals surface area contributed by atoms with Gasteiger partial charge in [0, 0.05) is 32.6 Å². The van der Waals surface area contributed by atoms with Crippen molar-refractivity contribution in [3.8, 4) is 0 Å². The van der Waals surface area contributed by atoms with Crippen molar-refractivity contribution in [1.82, 2.24) is 4.57 Å². The zero-order valence-corrected chi connectivity index (χ0v) is 17.7. The van der Waals surface area contributed by atoms with E-state index < -0.39 is 0 Å². The summed E-state index contributed by atoms with van der Waals surface area (Å²) in [6.07, 6.45) is 6.54. The average molecular weight is 451 g/mol. The first-order chi connectivity index (χ1) is 11.6. The van der Waals surface area contributed by atoms with Crippen LogP contribution in [0.1, 0.15) is 43.2 Å². The van der Waals surface area contributed by atoms with E-state index in [0.29, 0.717) is 0 Å². The van der Waals surface area contributed by atoms with Crippen LogP contribution in [0.3, 0.4) is 0 Å². The maximum atomic E-state index is 3.65. The normalized spacial score (nSPS) is 11.7. The molecular formula is C21H25Br2N. The third-order valence-electron chi connectivity index (χ3n) is 4.89. The molecule has 24 heavy (non-hydrogen) atoms. The lowest BCUT2D eigenvalue weighted by Crippen LogP contribution is -1.99. The van der Waals surface area contributed by atoms with Gasteiger partial charge in [-0.1, -0.05) is 63.3 Å². The van der Waals surface area contributed by atoms with Crippen LogP contribution in [0.5, 0.6) is 0 Å². The van der Waals surface area contributed by atoms with Crippen LogP contribution in [0.4, 0.5) is 0 Å². The summed E-state index contributed by atoms with van der Waals surface area (Å²) in [6, 6.07) is 11.2. The van der Waals surface area contributed by atoms with Crippen molar-refractivity contribution >= 4 is 53.7 Å². The number of halogens is 2. The highest BCUT2D eigenvalue weighted by Crippen LogP contribution is 2.35. The van der Waals surface area contributed by atoms with E-state index in [2.05, 4.69) is 80.6 Å². The Hall–Kier alpha value is -0.800. The number of nitrogens with zero attached hydrogens (tertiary/aromatic N) is 1. The predicted molar refractivity (Wildman–Crippen MR) is 113 cm³/mol. The molecule has 1 aromatic heterocycles. The van der Waals surface area contributed by atoms with Crippen LogP contribution in [-0.2, 0) is 6.54 Å². The van der Waals surface area contributed by atoms with Crippen molar-refractivity contribution in [3.63, 3.8) is 0 Å². The minimum absolute atomic E-state index is 1.11.